The second-order valence-electron chi connectivity index (χ2n) is 12.4. The van der Waals surface area contributed by atoms with Gasteiger partial charge >= 0.3 is 109 Å². The molecule has 10 radical (unpaired) electrons. The molecule has 3 heterocycles. The van der Waals surface area contributed by atoms with E-state index in [1.165, 1.54) is 0 Å². The fourth-order valence-corrected chi connectivity index (χ4v) is 44.3. The van der Waals surface area contributed by atoms with E-state index in [2.05, 4.69) is 45.4 Å². The molecule has 0 aromatic carbocycles. The molecule has 12 N–H and O–H groups in total. The van der Waals surface area contributed by atoms with Crippen molar-refractivity contribution in [2.75, 3.05) is 79.8 Å². The summed E-state index contributed by atoms with van der Waals surface area (Å²) in [6.07, 6.45) is 0. The molecule has 0 aromatic rings. The number of aliphatic hydroxyl groups excluding tert-OH is 2. The van der Waals surface area contributed by atoms with Crippen LogP contribution in [0.3, 0.4) is 0 Å². The first-order valence-electron chi connectivity index (χ1n) is 19.0. The Hall–Kier alpha value is 9.45. The Balaban J connectivity index is -0.000000101. The number of methoxy groups -OCH3 is 1. The summed E-state index contributed by atoms with van der Waals surface area (Å²) in [6, 6.07) is 0. The summed E-state index contributed by atoms with van der Waals surface area (Å²) in [4.78, 5) is 118. The van der Waals surface area contributed by atoms with Gasteiger partial charge in [-0.3, -0.25) is 27.1 Å². The van der Waals surface area contributed by atoms with Crippen LogP contribution in [0, 0.1) is 0 Å². The maximum atomic E-state index is 11.7. The molecule has 3 aliphatic rings. The summed E-state index contributed by atoms with van der Waals surface area (Å²) in [5, 5.41) is 101. The van der Waals surface area contributed by atoms with Crippen molar-refractivity contribution in [1.29, 1.82) is 0 Å². The number of aliphatic hydroxyl groups is 2. The molecule has 42 nitrogen and oxygen atoms in total. The minimum absolute atomic E-state index is 0. The molecular weight excluding hydrogens is 2420 g/mol. The summed E-state index contributed by atoms with van der Waals surface area (Å²) in [5.74, 6) is -24.7. The first-order chi connectivity index (χ1) is 37.7. The van der Waals surface area contributed by atoms with Crippen LogP contribution in [0.25, 0.3) is 0 Å². The Kier molecular flexibility index (Phi) is 88.7. The van der Waals surface area contributed by atoms with Gasteiger partial charge in [0.1, 0.15) is 13.2 Å². The van der Waals surface area contributed by atoms with Crippen molar-refractivity contribution < 1.29 is 487 Å². The average molecular weight is 2450 g/mol. The Morgan fingerprint density at radius 3 is 0.559 bits per heavy atom. The third kappa shape index (κ3) is 65.8. The molecule has 0 saturated heterocycles. The van der Waals surface area contributed by atoms with Crippen molar-refractivity contribution in [3.8, 4) is 0 Å². The normalized spacial score (nSPS) is 20.6. The van der Waals surface area contributed by atoms with Crippen molar-refractivity contribution in [3.05, 3.63) is 0 Å². The molecule has 70 heteroatoms. The zero-order valence-electron chi connectivity index (χ0n) is 45.4. The van der Waals surface area contributed by atoms with Gasteiger partial charge in [-0.15, -0.1) is 13.5 Å². The predicted octanol–water partition coefficient (Wildman–Crippen LogP) is 9.77. The van der Waals surface area contributed by atoms with Gasteiger partial charge in [0.2, 0.25) is 0 Å². The van der Waals surface area contributed by atoms with Gasteiger partial charge in [0.05, 0.1) is 7.11 Å². The first kappa shape index (κ1) is 129. The standard InChI is InChI=1S/C13H20N3O18P3.C6H9Cl3N3O9P3.2C2H4O3.Cl6N3P3.10Y/c1-28-13(27)7-34-37(33-6-12(25)26)15-35(29-2-8(17)18,30-3-9(19)20)14-36(16-37,31-4-10(21)22)32-5-11(23)24;7-22(19-1-4(13)14)10-23(8,20-2-5(15)16)12-24(9,11-22)21-3-6(17)18;2*3-1-2(4)5;1-10(2)7-11(3,4)9-12(5,6)8-10;;;;;;;;;;/h2-7H2,1H3,(H,17,18)(H,19,20)(H,21,22)(H,23,24)(H,25,26);1-3H2,(H,13,14)(H,15,16)(H,17,18);2*3H,1H2,(H,4,5);;;;;;;;;;;. The van der Waals surface area contributed by atoms with E-state index in [4.69, 9.17) is 213 Å². The Bertz CT molecular complexity index is 2770. The van der Waals surface area contributed by atoms with Crippen LogP contribution in [-0.2, 0) is 425 Å². The number of rotatable bonds is 29. The number of hydrogen-bond acceptors (Lipinski definition) is 32. The molecule has 0 fully saturated rings. The molecule has 0 aromatic heterocycles. The minimum Gasteiger partial charge on any atom is -0.480 e. The average Bonchev–Trinajstić information content (AvgIpc) is 3.32. The molecule has 0 saturated carbocycles. The van der Waals surface area contributed by atoms with Crippen LogP contribution in [0.4, 0.5) is 0 Å². The number of halogens is 9. The van der Waals surface area contributed by atoms with Crippen LogP contribution >= 0.6 is 162 Å². The van der Waals surface area contributed by atoms with Gasteiger partial charge < -0.3 is 79.6 Å². The van der Waals surface area contributed by atoms with Gasteiger partial charge in [-0.25, -0.2) is 52.7 Å². The third-order valence-electron chi connectivity index (χ3n) is 5.67. The number of hydrogen-bond donors (Lipinski definition) is 12. The zero-order valence-corrected chi connectivity index (χ0v) is 88.7. The topological polar surface area (TPSA) is 634 Å². The molecule has 0 spiro atoms. The first-order valence-corrected chi connectivity index (χ1v) is 41.6. The summed E-state index contributed by atoms with van der Waals surface area (Å²) < 4.78 is 82.8. The monoisotopic (exact) mass is 2450 g/mol. The molecular formula is C23H37Cl9N9O33P9Y10. The molecule has 0 bridgehead atoms. The van der Waals surface area contributed by atoms with Crippen molar-refractivity contribution >= 4 is 228 Å². The van der Waals surface area contributed by atoms with E-state index in [0.717, 1.165) is 7.11 Å². The number of ether oxygens (including phenoxy) is 1. The maximum Gasteiger partial charge on any atom is 0.350 e. The molecule has 510 valence electrons. The van der Waals surface area contributed by atoms with E-state index in [1.54, 1.807) is 0 Å². The number of esters is 1. The van der Waals surface area contributed by atoms with Crippen LogP contribution in [0.2, 0.25) is 0 Å². The van der Waals surface area contributed by atoms with Crippen LogP contribution in [0.1, 0.15) is 0 Å². The fourth-order valence-electron chi connectivity index (χ4n) is 3.27. The minimum atomic E-state index is -4.73. The van der Waals surface area contributed by atoms with E-state index >= 15 is 0 Å². The molecule has 93 heavy (non-hydrogen) atoms. The number of nitrogens with zero attached hydrogens (tertiary/aromatic N) is 9. The van der Waals surface area contributed by atoms with E-state index in [0.29, 0.717) is 0 Å². The quantitative estimate of drug-likeness (QED) is 0.0245. The van der Waals surface area contributed by atoms with E-state index in [-0.39, 0.29) is 327 Å². The largest absolute Gasteiger partial charge is 0.480 e. The Labute approximate surface area is 818 Å². The van der Waals surface area contributed by atoms with Crippen LogP contribution < -0.4 is 0 Å². The van der Waals surface area contributed by atoms with Crippen LogP contribution in [0.15, 0.2) is 40.6 Å². The second-order valence-corrected chi connectivity index (χ2v) is 43.6. The summed E-state index contributed by atoms with van der Waals surface area (Å²) >= 11 is 51.8. The second kappa shape index (κ2) is 64.0. The smallest absolute Gasteiger partial charge is 0.350 e. The number of carboxylic acids is 10. The summed E-state index contributed by atoms with van der Waals surface area (Å²) in [6.45, 7) is -23.3. The zero-order chi connectivity index (χ0) is 65.1. The predicted molar refractivity (Wildman–Crippen MR) is 293 cm³/mol. The van der Waals surface area contributed by atoms with Crippen molar-refractivity contribution in [1.82, 2.24) is 0 Å². The van der Waals surface area contributed by atoms with E-state index in [9.17, 15) is 43.2 Å². The van der Waals surface area contributed by atoms with Crippen LogP contribution in [0.5, 0.6) is 0 Å². The third-order valence-corrected chi connectivity index (χ3v) is 37.6. The van der Waals surface area contributed by atoms with E-state index < -0.39 is 199 Å². The number of carbonyl (C=O) groups excluding carboxylic acids is 1. The van der Waals surface area contributed by atoms with Crippen LogP contribution in [-0.4, -0.2) is 207 Å². The Morgan fingerprint density at radius 2 is 0.419 bits per heavy atom. The molecule has 1 atom stereocenters. The van der Waals surface area contributed by atoms with Crippen molar-refractivity contribution in [2.45, 2.75) is 0 Å². The fraction of sp³-hybridized carbons (Fsp3) is 0.522. The SMILES string of the molecule is COC(=O)COP1(OCC(=O)O)=NP(OCC(=O)O)(OCC(=O)O)=NP(OCC(=O)O)(OCC(=O)O)=N1.ClP1(Cl)=NP(Cl)(Cl)=NP(Cl)(Cl)=N1.O=C(O)CO.O=C(O)CO.O=C(O)COP1(Cl)=NP(Cl)(OCC(=O)O)=NP(Cl)(OCC(=O)O)=N1.[Y].[Y].[Y].[Y].[Y].[Y].[Y].[Y].[Y].[Y]. The summed E-state index contributed by atoms with van der Waals surface area (Å²) in [7, 11) is -13.2. The molecule has 0 aliphatic carbocycles. The summed E-state index contributed by atoms with van der Waals surface area (Å²) in [5.41, 5.74) is 0. The van der Waals surface area contributed by atoms with Gasteiger partial charge in [0.15, 0.2) is 59.5 Å². The Morgan fingerprint density at radius 1 is 0.269 bits per heavy atom. The molecule has 0 amide bonds. The van der Waals surface area contributed by atoms with Gasteiger partial charge in [-0.2, -0.15) is 27.1 Å². The van der Waals surface area contributed by atoms with Gasteiger partial charge in [0.25, 0.3) is 17.7 Å². The number of carbonyl (C=O) groups is 11. The van der Waals surface area contributed by atoms with Crippen molar-refractivity contribution in [2.24, 2.45) is 40.6 Å². The molecule has 3 aliphatic heterocycles. The van der Waals surface area contributed by atoms with Gasteiger partial charge in [-0.05, 0) is 101 Å². The van der Waals surface area contributed by atoms with Gasteiger partial charge in [0, 0.05) is 327 Å². The maximum absolute atomic E-state index is 11.7. The number of carboxylic acid groups (broad SMARTS) is 10. The molecule has 1 unspecified atom stereocenters. The number of aliphatic carboxylic acids is 10. The van der Waals surface area contributed by atoms with Crippen molar-refractivity contribution in [3.63, 3.8) is 0 Å². The molecule has 3 rings (SSSR count). The van der Waals surface area contributed by atoms with E-state index in [1.807, 2.05) is 0 Å². The van der Waals surface area contributed by atoms with Gasteiger partial charge in [-0.1, -0.05) is 0 Å².